The Kier molecular flexibility index (Phi) is 2.24. The number of nitrogens with zero attached hydrogens (tertiary/aromatic N) is 4. The van der Waals surface area contributed by atoms with E-state index in [0.29, 0.717) is 12.4 Å². The molecule has 0 saturated heterocycles. The number of aromatic nitrogens is 3. The average Bonchev–Trinajstić information content (AvgIpc) is 2.67. The van der Waals surface area contributed by atoms with Crippen LogP contribution in [0.5, 0.6) is 0 Å². The van der Waals surface area contributed by atoms with Gasteiger partial charge in [-0.3, -0.25) is 0 Å². The normalized spacial score (nSPS) is 9.64. The first kappa shape index (κ1) is 8.45. The van der Waals surface area contributed by atoms with Crippen molar-refractivity contribution in [3.63, 3.8) is 0 Å². The molecule has 0 spiro atoms. The molecule has 0 atom stereocenters. The van der Waals surface area contributed by atoms with Crippen LogP contribution in [0.1, 0.15) is 11.4 Å². The fraction of sp³-hybridized carbons (Fsp3) is 0.100. The van der Waals surface area contributed by atoms with Crippen molar-refractivity contribution in [1.82, 2.24) is 14.8 Å². The Morgan fingerprint density at radius 1 is 1.29 bits per heavy atom. The SMILES string of the molecule is N#Cc1ncnn1Cc1ccccc1. The molecule has 1 aromatic carbocycles. The predicted molar refractivity (Wildman–Crippen MR) is 50.3 cm³/mol. The van der Waals surface area contributed by atoms with Crippen molar-refractivity contribution in [3.8, 4) is 6.07 Å². The van der Waals surface area contributed by atoms with Crippen molar-refractivity contribution < 1.29 is 0 Å². The third-order valence-electron chi connectivity index (χ3n) is 1.89. The number of benzene rings is 1. The van der Waals surface area contributed by atoms with Crippen LogP contribution in [0.2, 0.25) is 0 Å². The molecule has 4 heteroatoms. The lowest BCUT2D eigenvalue weighted by Gasteiger charge is -2.00. The summed E-state index contributed by atoms with van der Waals surface area (Å²) in [5.41, 5.74) is 1.11. The van der Waals surface area contributed by atoms with Gasteiger partial charge in [-0.25, -0.2) is 9.67 Å². The molecule has 0 unspecified atom stereocenters. The summed E-state index contributed by atoms with van der Waals surface area (Å²) in [6.45, 7) is 0.587. The molecular formula is C10H8N4. The maximum atomic E-state index is 8.71. The summed E-state index contributed by atoms with van der Waals surface area (Å²) in [4.78, 5) is 3.82. The highest BCUT2D eigenvalue weighted by Crippen LogP contribution is 2.02. The summed E-state index contributed by atoms with van der Waals surface area (Å²) >= 11 is 0. The molecule has 0 bridgehead atoms. The average molecular weight is 184 g/mol. The van der Waals surface area contributed by atoms with Crippen molar-refractivity contribution in [2.75, 3.05) is 0 Å². The van der Waals surface area contributed by atoms with Crippen LogP contribution < -0.4 is 0 Å². The molecule has 0 saturated carbocycles. The molecule has 0 radical (unpaired) electrons. The van der Waals surface area contributed by atoms with Crippen molar-refractivity contribution >= 4 is 0 Å². The van der Waals surface area contributed by atoms with Gasteiger partial charge in [0.05, 0.1) is 6.54 Å². The van der Waals surface area contributed by atoms with Gasteiger partial charge < -0.3 is 0 Å². The molecule has 1 aromatic heterocycles. The lowest BCUT2D eigenvalue weighted by atomic mass is 10.2. The molecule has 68 valence electrons. The van der Waals surface area contributed by atoms with Crippen molar-refractivity contribution in [1.29, 1.82) is 5.26 Å². The number of nitriles is 1. The van der Waals surface area contributed by atoms with Crippen molar-refractivity contribution in [2.45, 2.75) is 6.54 Å². The van der Waals surface area contributed by atoms with Gasteiger partial charge >= 0.3 is 0 Å². The number of hydrogen-bond acceptors (Lipinski definition) is 3. The molecule has 0 fully saturated rings. The highest BCUT2D eigenvalue weighted by molar-refractivity contribution is 5.17. The zero-order valence-corrected chi connectivity index (χ0v) is 7.46. The second-order valence-electron chi connectivity index (χ2n) is 2.84. The Morgan fingerprint density at radius 2 is 2.07 bits per heavy atom. The minimum atomic E-state index is 0.342. The van der Waals surface area contributed by atoms with Crippen LogP contribution in [0.25, 0.3) is 0 Å². The highest BCUT2D eigenvalue weighted by Gasteiger charge is 2.02. The predicted octanol–water partition coefficient (Wildman–Crippen LogP) is 1.20. The Hall–Kier alpha value is -2.15. The maximum absolute atomic E-state index is 8.71. The van der Waals surface area contributed by atoms with E-state index in [1.165, 1.54) is 6.33 Å². The molecule has 0 aliphatic carbocycles. The van der Waals surface area contributed by atoms with E-state index in [9.17, 15) is 0 Å². The first-order valence-corrected chi connectivity index (χ1v) is 4.22. The van der Waals surface area contributed by atoms with Crippen LogP contribution in [-0.2, 0) is 6.54 Å². The lowest BCUT2D eigenvalue weighted by molar-refractivity contribution is 0.674. The molecule has 1 heterocycles. The van der Waals surface area contributed by atoms with Crippen LogP contribution in [0.3, 0.4) is 0 Å². The summed E-state index contributed by atoms with van der Waals surface area (Å²) in [6.07, 6.45) is 1.39. The minimum Gasteiger partial charge on any atom is -0.233 e. The standard InChI is InChI=1S/C10H8N4/c11-6-10-12-8-13-14(10)7-9-4-2-1-3-5-9/h1-5,8H,7H2. The van der Waals surface area contributed by atoms with E-state index >= 15 is 0 Å². The number of rotatable bonds is 2. The largest absolute Gasteiger partial charge is 0.233 e. The maximum Gasteiger partial charge on any atom is 0.231 e. The van der Waals surface area contributed by atoms with Gasteiger partial charge in [-0.05, 0) is 5.56 Å². The third-order valence-corrected chi connectivity index (χ3v) is 1.89. The van der Waals surface area contributed by atoms with Crippen LogP contribution in [0, 0.1) is 11.3 Å². The third kappa shape index (κ3) is 1.62. The monoisotopic (exact) mass is 184 g/mol. The second kappa shape index (κ2) is 3.71. The van der Waals surface area contributed by atoms with E-state index in [1.54, 1.807) is 4.68 Å². The quantitative estimate of drug-likeness (QED) is 0.704. The number of hydrogen-bond donors (Lipinski definition) is 0. The Labute approximate surface area is 81.4 Å². The smallest absolute Gasteiger partial charge is 0.231 e. The van der Waals surface area contributed by atoms with Crippen LogP contribution in [0.4, 0.5) is 0 Å². The zero-order valence-electron chi connectivity index (χ0n) is 7.46. The Morgan fingerprint density at radius 3 is 2.79 bits per heavy atom. The van der Waals surface area contributed by atoms with Gasteiger partial charge in [0.15, 0.2) is 0 Å². The van der Waals surface area contributed by atoms with Crippen LogP contribution in [-0.4, -0.2) is 14.8 Å². The highest BCUT2D eigenvalue weighted by atomic mass is 15.3. The molecule has 4 nitrogen and oxygen atoms in total. The molecule has 2 aromatic rings. The lowest BCUT2D eigenvalue weighted by Crippen LogP contribution is -2.04. The van der Waals surface area contributed by atoms with Crippen molar-refractivity contribution in [3.05, 3.63) is 48.0 Å². The molecule has 2 rings (SSSR count). The van der Waals surface area contributed by atoms with E-state index in [0.717, 1.165) is 5.56 Å². The molecule has 0 aliphatic heterocycles. The van der Waals surface area contributed by atoms with E-state index in [2.05, 4.69) is 10.1 Å². The van der Waals surface area contributed by atoms with Crippen LogP contribution in [0.15, 0.2) is 36.7 Å². The minimum absolute atomic E-state index is 0.342. The Balaban J connectivity index is 2.24. The van der Waals surface area contributed by atoms with E-state index in [1.807, 2.05) is 36.4 Å². The first-order chi connectivity index (χ1) is 6.90. The zero-order chi connectivity index (χ0) is 9.80. The summed E-state index contributed by atoms with van der Waals surface area (Å²) in [5, 5.41) is 12.7. The molecule has 0 N–H and O–H groups in total. The van der Waals surface area contributed by atoms with Crippen molar-refractivity contribution in [2.24, 2.45) is 0 Å². The van der Waals surface area contributed by atoms with Gasteiger partial charge in [0.1, 0.15) is 12.4 Å². The van der Waals surface area contributed by atoms with Gasteiger partial charge in [-0.15, -0.1) is 0 Å². The summed E-state index contributed by atoms with van der Waals surface area (Å²) in [7, 11) is 0. The van der Waals surface area contributed by atoms with Gasteiger partial charge in [0.2, 0.25) is 5.82 Å². The van der Waals surface area contributed by atoms with Gasteiger partial charge in [0.25, 0.3) is 0 Å². The van der Waals surface area contributed by atoms with Gasteiger partial charge in [-0.1, -0.05) is 30.3 Å². The molecule has 0 aliphatic rings. The topological polar surface area (TPSA) is 54.5 Å². The van der Waals surface area contributed by atoms with Gasteiger partial charge in [-0.2, -0.15) is 10.4 Å². The Bertz CT molecular complexity index is 452. The van der Waals surface area contributed by atoms with E-state index < -0.39 is 0 Å². The summed E-state index contributed by atoms with van der Waals surface area (Å²) in [6, 6.07) is 11.8. The first-order valence-electron chi connectivity index (χ1n) is 4.22. The molecule has 14 heavy (non-hydrogen) atoms. The van der Waals surface area contributed by atoms with E-state index in [4.69, 9.17) is 5.26 Å². The second-order valence-corrected chi connectivity index (χ2v) is 2.84. The van der Waals surface area contributed by atoms with E-state index in [-0.39, 0.29) is 0 Å². The fourth-order valence-electron chi connectivity index (χ4n) is 1.22. The summed E-state index contributed by atoms with van der Waals surface area (Å²) < 4.78 is 1.58. The fourth-order valence-corrected chi connectivity index (χ4v) is 1.22. The molecule has 0 amide bonds. The van der Waals surface area contributed by atoms with Crippen LogP contribution >= 0.6 is 0 Å². The van der Waals surface area contributed by atoms with Gasteiger partial charge in [0, 0.05) is 0 Å². The summed E-state index contributed by atoms with van der Waals surface area (Å²) in [5.74, 6) is 0.342. The molecular weight excluding hydrogens is 176 g/mol.